The Kier molecular flexibility index (Phi) is 6.71. The van der Waals surface area contributed by atoms with Gasteiger partial charge in [-0.25, -0.2) is 4.98 Å². The van der Waals surface area contributed by atoms with Crippen molar-refractivity contribution in [2.45, 2.75) is 11.7 Å². The number of thiophene rings is 1. The van der Waals surface area contributed by atoms with Crippen molar-refractivity contribution in [3.05, 3.63) is 88.5 Å². The number of nitrogens with zero attached hydrogens (tertiary/aromatic N) is 2. The Bertz CT molecular complexity index is 1390. The van der Waals surface area contributed by atoms with Crippen molar-refractivity contribution in [3.8, 4) is 11.1 Å². The van der Waals surface area contributed by atoms with Gasteiger partial charge in [-0.3, -0.25) is 19.0 Å². The molecular formula is C24H20N4O3S2. The largest absolute Gasteiger partial charge is 0.366 e. The maximum absolute atomic E-state index is 13.3. The summed E-state index contributed by atoms with van der Waals surface area (Å²) < 4.78 is 1.54. The molecule has 2 aromatic heterocycles. The summed E-state index contributed by atoms with van der Waals surface area (Å²) in [5.74, 6) is -0.736. The van der Waals surface area contributed by atoms with Gasteiger partial charge in [0.2, 0.25) is 11.8 Å². The molecule has 0 aliphatic rings. The van der Waals surface area contributed by atoms with Gasteiger partial charge in [0.15, 0.2) is 5.16 Å². The van der Waals surface area contributed by atoms with Crippen LogP contribution in [0, 0.1) is 0 Å². The summed E-state index contributed by atoms with van der Waals surface area (Å²) in [6, 6.07) is 16.0. The number of fused-ring (bicyclic) bond motifs is 1. The molecule has 7 nitrogen and oxygen atoms in total. The predicted molar refractivity (Wildman–Crippen MR) is 134 cm³/mol. The molecule has 0 aliphatic heterocycles. The Morgan fingerprint density at radius 3 is 2.55 bits per heavy atom. The summed E-state index contributed by atoms with van der Waals surface area (Å²) in [7, 11) is 0. The summed E-state index contributed by atoms with van der Waals surface area (Å²) >= 11 is 2.58. The van der Waals surface area contributed by atoms with Crippen LogP contribution in [0.2, 0.25) is 0 Å². The van der Waals surface area contributed by atoms with E-state index in [1.54, 1.807) is 30.3 Å². The van der Waals surface area contributed by atoms with Gasteiger partial charge < -0.3 is 11.1 Å². The second kappa shape index (κ2) is 9.85. The van der Waals surface area contributed by atoms with Crippen molar-refractivity contribution in [2.24, 2.45) is 5.73 Å². The third-order valence-corrected chi connectivity index (χ3v) is 6.69. The molecule has 4 aromatic rings. The molecule has 166 valence electrons. The van der Waals surface area contributed by atoms with Crippen LogP contribution < -0.4 is 16.6 Å². The van der Waals surface area contributed by atoms with Gasteiger partial charge in [0, 0.05) is 28.7 Å². The highest BCUT2D eigenvalue weighted by molar-refractivity contribution is 7.99. The minimum Gasteiger partial charge on any atom is -0.366 e. The number of nitrogens with one attached hydrogen (secondary N) is 1. The number of aromatic nitrogens is 2. The van der Waals surface area contributed by atoms with E-state index in [1.807, 2.05) is 35.7 Å². The van der Waals surface area contributed by atoms with Gasteiger partial charge in [-0.05, 0) is 29.8 Å². The minimum atomic E-state index is -0.533. The number of nitrogens with two attached hydrogens (primary N) is 1. The zero-order valence-electron chi connectivity index (χ0n) is 17.5. The quantitative estimate of drug-likeness (QED) is 0.226. The summed E-state index contributed by atoms with van der Waals surface area (Å²) in [6.45, 7) is 4.03. The Balaban J connectivity index is 1.57. The number of anilines is 1. The third kappa shape index (κ3) is 4.89. The molecule has 0 atom stereocenters. The Hall–Kier alpha value is -3.69. The Morgan fingerprint density at radius 2 is 1.88 bits per heavy atom. The molecule has 2 aromatic carbocycles. The van der Waals surface area contributed by atoms with Crippen LogP contribution in [0.25, 0.3) is 21.3 Å². The summed E-state index contributed by atoms with van der Waals surface area (Å²) in [6.07, 6.45) is 1.63. The van der Waals surface area contributed by atoms with Crippen molar-refractivity contribution >= 4 is 50.8 Å². The van der Waals surface area contributed by atoms with Crippen LogP contribution >= 0.6 is 23.1 Å². The minimum absolute atomic E-state index is 0.0591. The van der Waals surface area contributed by atoms with E-state index in [4.69, 9.17) is 5.73 Å². The number of hydrogen-bond donors (Lipinski definition) is 2. The van der Waals surface area contributed by atoms with E-state index in [1.165, 1.54) is 27.7 Å². The first-order valence-electron chi connectivity index (χ1n) is 9.99. The predicted octanol–water partition coefficient (Wildman–Crippen LogP) is 4.14. The van der Waals surface area contributed by atoms with E-state index in [0.717, 1.165) is 11.1 Å². The van der Waals surface area contributed by atoms with Gasteiger partial charge in [0.1, 0.15) is 4.83 Å². The van der Waals surface area contributed by atoms with Crippen molar-refractivity contribution in [1.82, 2.24) is 9.55 Å². The molecule has 0 spiro atoms. The fraction of sp³-hybridized carbons (Fsp3) is 0.0833. The van der Waals surface area contributed by atoms with Crippen LogP contribution in [0.3, 0.4) is 0 Å². The fourth-order valence-electron chi connectivity index (χ4n) is 3.28. The zero-order chi connectivity index (χ0) is 23.4. The van der Waals surface area contributed by atoms with Crippen molar-refractivity contribution < 1.29 is 9.59 Å². The molecule has 0 saturated carbocycles. The number of carbonyl (C=O) groups excluding carboxylic acids is 2. The highest BCUT2D eigenvalue weighted by Gasteiger charge is 2.17. The van der Waals surface area contributed by atoms with E-state index in [2.05, 4.69) is 16.9 Å². The lowest BCUT2D eigenvalue weighted by Crippen LogP contribution is -2.23. The second-order valence-electron chi connectivity index (χ2n) is 7.07. The van der Waals surface area contributed by atoms with Gasteiger partial charge in [0.25, 0.3) is 5.56 Å². The van der Waals surface area contributed by atoms with Crippen LogP contribution in [-0.4, -0.2) is 27.1 Å². The lowest BCUT2D eigenvalue weighted by atomic mass is 10.1. The molecule has 0 saturated heterocycles. The molecule has 3 N–H and O–H groups in total. The number of benzene rings is 2. The number of thioether (sulfide) groups is 1. The molecule has 2 amide bonds. The standard InChI is InChI=1S/C24H20N4O3S2/c1-2-12-28-23(31)20-18(15-6-4-3-5-7-15)13-32-22(20)27-24(28)33-14-19(29)26-17-10-8-16(9-11-17)21(25)30/h2-11,13H,1,12,14H2,(H2,25,30)(H,26,29). The van der Waals surface area contributed by atoms with Crippen LogP contribution in [0.15, 0.2) is 82.6 Å². The van der Waals surface area contributed by atoms with Crippen LogP contribution in [0.4, 0.5) is 5.69 Å². The lowest BCUT2D eigenvalue weighted by Gasteiger charge is -2.11. The van der Waals surface area contributed by atoms with Crippen LogP contribution in [0.1, 0.15) is 10.4 Å². The number of allylic oxidation sites excluding steroid dienone is 1. The number of hydrogen-bond acceptors (Lipinski definition) is 6. The third-order valence-electron chi connectivity index (χ3n) is 4.84. The molecule has 0 aliphatic carbocycles. The molecule has 0 fully saturated rings. The number of carbonyl (C=O) groups is 2. The molecule has 2 heterocycles. The van der Waals surface area contributed by atoms with Crippen LogP contribution in [0.5, 0.6) is 0 Å². The zero-order valence-corrected chi connectivity index (χ0v) is 19.1. The summed E-state index contributed by atoms with van der Waals surface area (Å²) in [4.78, 5) is 42.3. The van der Waals surface area contributed by atoms with E-state index in [0.29, 0.717) is 26.6 Å². The molecule has 9 heteroatoms. The molecule has 0 unspecified atom stereocenters. The van der Waals surface area contributed by atoms with Crippen molar-refractivity contribution in [1.29, 1.82) is 0 Å². The topological polar surface area (TPSA) is 107 Å². The number of rotatable bonds is 8. The van der Waals surface area contributed by atoms with Crippen LogP contribution in [-0.2, 0) is 11.3 Å². The smallest absolute Gasteiger partial charge is 0.263 e. The van der Waals surface area contributed by atoms with E-state index in [9.17, 15) is 14.4 Å². The maximum atomic E-state index is 13.3. The first-order valence-corrected chi connectivity index (χ1v) is 11.9. The summed E-state index contributed by atoms with van der Waals surface area (Å²) in [5, 5.41) is 5.71. The average Bonchev–Trinajstić information content (AvgIpc) is 3.25. The van der Waals surface area contributed by atoms with E-state index in [-0.39, 0.29) is 23.8 Å². The molecule has 4 rings (SSSR count). The highest BCUT2D eigenvalue weighted by Crippen LogP contribution is 2.32. The SMILES string of the molecule is C=CCn1c(SCC(=O)Nc2ccc(C(N)=O)cc2)nc2scc(-c3ccccc3)c2c1=O. The van der Waals surface area contributed by atoms with E-state index >= 15 is 0 Å². The first kappa shape index (κ1) is 22.5. The Morgan fingerprint density at radius 1 is 1.15 bits per heavy atom. The molecule has 0 radical (unpaired) electrons. The molecule has 0 bridgehead atoms. The van der Waals surface area contributed by atoms with Gasteiger partial charge in [-0.1, -0.05) is 48.2 Å². The maximum Gasteiger partial charge on any atom is 0.263 e. The van der Waals surface area contributed by atoms with Crippen molar-refractivity contribution in [3.63, 3.8) is 0 Å². The Labute approximate surface area is 198 Å². The van der Waals surface area contributed by atoms with Gasteiger partial charge in [-0.15, -0.1) is 17.9 Å². The van der Waals surface area contributed by atoms with Gasteiger partial charge in [0.05, 0.1) is 11.1 Å². The van der Waals surface area contributed by atoms with Gasteiger partial charge >= 0.3 is 0 Å². The lowest BCUT2D eigenvalue weighted by molar-refractivity contribution is -0.113. The molecule has 33 heavy (non-hydrogen) atoms. The fourth-order valence-corrected chi connectivity index (χ4v) is 5.08. The first-order chi connectivity index (χ1) is 16.0. The second-order valence-corrected chi connectivity index (χ2v) is 8.87. The summed E-state index contributed by atoms with van der Waals surface area (Å²) in [5.41, 5.74) is 7.77. The number of amides is 2. The monoisotopic (exact) mass is 476 g/mol. The average molecular weight is 477 g/mol. The number of primary amides is 1. The molecular weight excluding hydrogens is 456 g/mol. The normalized spacial score (nSPS) is 10.8. The van der Waals surface area contributed by atoms with Crippen molar-refractivity contribution in [2.75, 3.05) is 11.1 Å². The van der Waals surface area contributed by atoms with E-state index < -0.39 is 5.91 Å². The van der Waals surface area contributed by atoms with Gasteiger partial charge in [-0.2, -0.15) is 0 Å². The highest BCUT2D eigenvalue weighted by atomic mass is 32.2.